The van der Waals surface area contributed by atoms with Gasteiger partial charge in [0.15, 0.2) is 5.69 Å². The highest BCUT2D eigenvalue weighted by Crippen LogP contribution is 2.20. The van der Waals surface area contributed by atoms with Gasteiger partial charge in [-0.1, -0.05) is 0 Å². The van der Waals surface area contributed by atoms with Gasteiger partial charge in [0, 0.05) is 19.8 Å². The van der Waals surface area contributed by atoms with Crippen LogP contribution in [-0.4, -0.2) is 33.8 Å². The average Bonchev–Trinajstić information content (AvgIpc) is 2.95. The normalized spacial score (nSPS) is 10.2. The lowest BCUT2D eigenvalue weighted by atomic mass is 10.3. The zero-order chi connectivity index (χ0) is 13.8. The maximum atomic E-state index is 11.9. The van der Waals surface area contributed by atoms with E-state index in [2.05, 4.69) is 15.4 Å². The third-order valence-corrected chi connectivity index (χ3v) is 2.63. The molecule has 2 aromatic heterocycles. The number of nitrogens with one attached hydrogen (secondary N) is 1. The Hall–Kier alpha value is -1.86. The van der Waals surface area contributed by atoms with Gasteiger partial charge in [-0.25, -0.2) is 4.98 Å². The van der Waals surface area contributed by atoms with Crippen molar-refractivity contribution >= 4 is 18.3 Å². The molecule has 0 aliphatic heterocycles. The summed E-state index contributed by atoms with van der Waals surface area (Å²) in [6, 6.07) is 0. The highest BCUT2D eigenvalue weighted by Gasteiger charge is 2.18. The fourth-order valence-corrected chi connectivity index (χ4v) is 1.65. The second-order valence-corrected chi connectivity index (χ2v) is 4.22. The molecule has 0 saturated heterocycles. The van der Waals surface area contributed by atoms with Gasteiger partial charge in [0.2, 0.25) is 5.89 Å². The van der Waals surface area contributed by atoms with Crippen molar-refractivity contribution in [3.8, 4) is 11.5 Å². The minimum Gasteiger partial charge on any atom is -0.440 e. The van der Waals surface area contributed by atoms with Crippen LogP contribution in [0.5, 0.6) is 0 Å². The summed E-state index contributed by atoms with van der Waals surface area (Å²) in [6.45, 7) is 2.79. The van der Waals surface area contributed by atoms with Crippen molar-refractivity contribution in [1.82, 2.24) is 20.1 Å². The zero-order valence-electron chi connectivity index (χ0n) is 11.4. The SMILES string of the molecule is Cc1oc(-c2cnn(C)c2)nc1C(=O)NCCCN.Cl. The molecule has 7 nitrogen and oxygen atoms in total. The molecule has 0 radical (unpaired) electrons. The molecule has 0 bridgehead atoms. The van der Waals surface area contributed by atoms with Crippen LogP contribution in [0.4, 0.5) is 0 Å². The molecule has 0 aliphatic rings. The van der Waals surface area contributed by atoms with E-state index in [4.69, 9.17) is 10.2 Å². The van der Waals surface area contributed by atoms with Crippen LogP contribution in [0.2, 0.25) is 0 Å². The first kappa shape index (κ1) is 16.2. The van der Waals surface area contributed by atoms with Crippen molar-refractivity contribution in [3.63, 3.8) is 0 Å². The Morgan fingerprint density at radius 1 is 1.55 bits per heavy atom. The number of aromatic nitrogens is 3. The van der Waals surface area contributed by atoms with E-state index >= 15 is 0 Å². The summed E-state index contributed by atoms with van der Waals surface area (Å²) in [5.41, 5.74) is 6.42. The summed E-state index contributed by atoms with van der Waals surface area (Å²) in [5, 5.41) is 6.79. The molecule has 3 N–H and O–H groups in total. The summed E-state index contributed by atoms with van der Waals surface area (Å²) in [7, 11) is 1.81. The van der Waals surface area contributed by atoms with E-state index < -0.39 is 0 Å². The van der Waals surface area contributed by atoms with Gasteiger partial charge in [-0.15, -0.1) is 12.4 Å². The van der Waals surface area contributed by atoms with Crippen molar-refractivity contribution in [2.24, 2.45) is 12.8 Å². The van der Waals surface area contributed by atoms with Crippen molar-refractivity contribution in [2.45, 2.75) is 13.3 Å². The minimum absolute atomic E-state index is 0. The fraction of sp³-hybridized carbons (Fsp3) is 0.417. The molecule has 0 fully saturated rings. The van der Waals surface area contributed by atoms with Crippen LogP contribution in [-0.2, 0) is 7.05 Å². The van der Waals surface area contributed by atoms with E-state index in [1.54, 1.807) is 31.0 Å². The molecule has 0 aromatic carbocycles. The molecule has 0 unspecified atom stereocenters. The number of amides is 1. The molecule has 8 heteroatoms. The Morgan fingerprint density at radius 2 is 2.30 bits per heavy atom. The van der Waals surface area contributed by atoms with Crippen molar-refractivity contribution in [1.29, 1.82) is 0 Å². The lowest BCUT2D eigenvalue weighted by Crippen LogP contribution is -2.26. The van der Waals surface area contributed by atoms with E-state index in [9.17, 15) is 4.79 Å². The summed E-state index contributed by atoms with van der Waals surface area (Å²) >= 11 is 0. The highest BCUT2D eigenvalue weighted by atomic mass is 35.5. The molecule has 2 aromatic rings. The van der Waals surface area contributed by atoms with Gasteiger partial charge in [0.05, 0.1) is 11.8 Å². The summed E-state index contributed by atoms with van der Waals surface area (Å²) < 4.78 is 7.14. The van der Waals surface area contributed by atoms with Crippen molar-refractivity contribution in [3.05, 3.63) is 23.8 Å². The Balaban J connectivity index is 0.00000200. The number of hydrogen-bond donors (Lipinski definition) is 2. The Bertz CT molecular complexity index is 578. The molecular formula is C12H18ClN5O2. The molecule has 2 rings (SSSR count). The molecule has 1 amide bonds. The Morgan fingerprint density at radius 3 is 2.90 bits per heavy atom. The molecule has 0 atom stereocenters. The Kier molecular flexibility index (Phi) is 5.72. The monoisotopic (exact) mass is 299 g/mol. The maximum absolute atomic E-state index is 11.9. The second-order valence-electron chi connectivity index (χ2n) is 4.22. The quantitative estimate of drug-likeness (QED) is 0.799. The number of aryl methyl sites for hydroxylation is 2. The molecule has 110 valence electrons. The molecule has 0 spiro atoms. The number of oxazole rings is 1. The fourth-order valence-electron chi connectivity index (χ4n) is 1.65. The molecular weight excluding hydrogens is 282 g/mol. The Labute approximate surface area is 123 Å². The van der Waals surface area contributed by atoms with Gasteiger partial charge in [-0.3, -0.25) is 9.48 Å². The first-order valence-electron chi connectivity index (χ1n) is 6.06. The molecule has 2 heterocycles. The summed E-state index contributed by atoms with van der Waals surface area (Å²) in [5.74, 6) is 0.642. The molecule has 0 aliphatic carbocycles. The lowest BCUT2D eigenvalue weighted by Gasteiger charge is -2.00. The first-order valence-corrected chi connectivity index (χ1v) is 6.06. The van der Waals surface area contributed by atoms with E-state index in [1.165, 1.54) is 0 Å². The van der Waals surface area contributed by atoms with Crippen LogP contribution in [0, 0.1) is 6.92 Å². The standard InChI is InChI=1S/C12H17N5O2.ClH/c1-8-10(11(18)14-5-3-4-13)16-12(19-8)9-6-15-17(2)7-9;/h6-7H,3-5,13H2,1-2H3,(H,14,18);1H. The predicted octanol–water partition coefficient (Wildman–Crippen LogP) is 0.884. The number of rotatable bonds is 5. The van der Waals surface area contributed by atoms with Crippen LogP contribution in [0.3, 0.4) is 0 Å². The second kappa shape index (κ2) is 7.06. The third kappa shape index (κ3) is 3.58. The lowest BCUT2D eigenvalue weighted by molar-refractivity contribution is 0.0947. The molecule has 0 saturated carbocycles. The third-order valence-electron chi connectivity index (χ3n) is 2.63. The van der Waals surface area contributed by atoms with E-state index in [0.29, 0.717) is 30.4 Å². The first-order chi connectivity index (χ1) is 9.11. The van der Waals surface area contributed by atoms with Crippen LogP contribution in [0.15, 0.2) is 16.8 Å². The summed E-state index contributed by atoms with van der Waals surface area (Å²) in [6.07, 6.45) is 4.15. The maximum Gasteiger partial charge on any atom is 0.273 e. The van der Waals surface area contributed by atoms with Gasteiger partial charge in [0.1, 0.15) is 5.76 Å². The van der Waals surface area contributed by atoms with E-state index in [-0.39, 0.29) is 18.3 Å². The van der Waals surface area contributed by atoms with E-state index in [1.807, 2.05) is 0 Å². The van der Waals surface area contributed by atoms with Crippen LogP contribution in [0.25, 0.3) is 11.5 Å². The number of hydrogen-bond acceptors (Lipinski definition) is 5. The minimum atomic E-state index is -0.246. The number of nitrogens with two attached hydrogens (primary N) is 1. The van der Waals surface area contributed by atoms with Crippen LogP contribution in [0.1, 0.15) is 22.7 Å². The summed E-state index contributed by atoms with van der Waals surface area (Å²) in [4.78, 5) is 16.1. The average molecular weight is 300 g/mol. The van der Waals surface area contributed by atoms with Gasteiger partial charge >= 0.3 is 0 Å². The van der Waals surface area contributed by atoms with Gasteiger partial charge in [0.25, 0.3) is 5.91 Å². The van der Waals surface area contributed by atoms with Gasteiger partial charge in [-0.2, -0.15) is 5.10 Å². The molecule has 20 heavy (non-hydrogen) atoms. The predicted molar refractivity (Wildman–Crippen MR) is 76.7 cm³/mol. The van der Waals surface area contributed by atoms with Crippen LogP contribution < -0.4 is 11.1 Å². The smallest absolute Gasteiger partial charge is 0.273 e. The zero-order valence-corrected chi connectivity index (χ0v) is 12.2. The largest absolute Gasteiger partial charge is 0.440 e. The van der Waals surface area contributed by atoms with Crippen LogP contribution >= 0.6 is 12.4 Å². The van der Waals surface area contributed by atoms with Gasteiger partial charge < -0.3 is 15.5 Å². The van der Waals surface area contributed by atoms with Crippen molar-refractivity contribution in [2.75, 3.05) is 13.1 Å². The number of nitrogens with zero attached hydrogens (tertiary/aromatic N) is 3. The van der Waals surface area contributed by atoms with E-state index in [0.717, 1.165) is 12.0 Å². The van der Waals surface area contributed by atoms with Gasteiger partial charge in [-0.05, 0) is 19.9 Å². The number of halogens is 1. The highest BCUT2D eigenvalue weighted by molar-refractivity contribution is 5.93. The topological polar surface area (TPSA) is 99.0 Å². The van der Waals surface area contributed by atoms with Crippen molar-refractivity contribution < 1.29 is 9.21 Å². The number of carbonyl (C=O) groups is 1. The number of carbonyl (C=O) groups excluding carboxylic acids is 1.